The van der Waals surface area contributed by atoms with Crippen LogP contribution in [0.2, 0.25) is 0 Å². The van der Waals surface area contributed by atoms with Crippen molar-refractivity contribution in [3.8, 4) is 11.5 Å². The molecular formula is C17H19N3O4S. The van der Waals surface area contributed by atoms with E-state index in [9.17, 15) is 14.7 Å². The maximum atomic E-state index is 12.6. The van der Waals surface area contributed by atoms with Crippen LogP contribution in [0.1, 0.15) is 36.8 Å². The predicted octanol–water partition coefficient (Wildman–Crippen LogP) is 2.46. The van der Waals surface area contributed by atoms with Gasteiger partial charge in [-0.15, -0.1) is 0 Å². The average molecular weight is 361 g/mol. The van der Waals surface area contributed by atoms with Crippen molar-refractivity contribution in [3.05, 3.63) is 39.7 Å². The Morgan fingerprint density at radius 1 is 1.40 bits per heavy atom. The lowest BCUT2D eigenvalue weighted by Gasteiger charge is -2.24. The zero-order chi connectivity index (χ0) is 18.0. The van der Waals surface area contributed by atoms with E-state index in [2.05, 4.69) is 15.3 Å². The number of phenolic OH excluding ortho intramolecular Hbond substituents is 1. The van der Waals surface area contributed by atoms with Gasteiger partial charge in [0.2, 0.25) is 5.91 Å². The number of hydrogen-bond acceptors (Lipinski definition) is 6. The van der Waals surface area contributed by atoms with E-state index in [1.54, 1.807) is 12.1 Å². The fraction of sp³-hybridized carbons (Fsp3) is 0.353. The number of phenols is 1. The summed E-state index contributed by atoms with van der Waals surface area (Å²) in [6.45, 7) is 2.04. The Morgan fingerprint density at radius 2 is 2.20 bits per heavy atom. The number of aromatic amines is 1. The molecule has 1 amide bonds. The number of carbonyl (C=O) groups excluding carboxylic acids is 1. The van der Waals surface area contributed by atoms with Crippen molar-refractivity contribution in [1.29, 1.82) is 0 Å². The Balaban J connectivity index is 2.07. The van der Waals surface area contributed by atoms with Crippen LogP contribution in [0.15, 0.2) is 28.2 Å². The van der Waals surface area contributed by atoms with Crippen molar-refractivity contribution in [3.63, 3.8) is 0 Å². The van der Waals surface area contributed by atoms with Crippen LogP contribution < -0.4 is 15.6 Å². The van der Waals surface area contributed by atoms with Crippen LogP contribution in [-0.4, -0.2) is 33.8 Å². The van der Waals surface area contributed by atoms with Gasteiger partial charge < -0.3 is 20.1 Å². The molecule has 1 aliphatic rings. The van der Waals surface area contributed by atoms with Gasteiger partial charge in [-0.25, -0.2) is 4.98 Å². The molecule has 3 rings (SSSR count). The number of H-pyrrole nitrogens is 1. The number of aromatic hydroxyl groups is 1. The minimum Gasteiger partial charge on any atom is -0.504 e. The quantitative estimate of drug-likeness (QED) is 0.558. The van der Waals surface area contributed by atoms with Crippen LogP contribution in [0.3, 0.4) is 0 Å². The van der Waals surface area contributed by atoms with E-state index < -0.39 is 5.92 Å². The first kappa shape index (κ1) is 17.3. The van der Waals surface area contributed by atoms with Crippen LogP contribution in [-0.2, 0) is 4.79 Å². The molecule has 0 fully saturated rings. The Morgan fingerprint density at radius 3 is 2.92 bits per heavy atom. The highest BCUT2D eigenvalue weighted by atomic mass is 32.2. The topological polar surface area (TPSA) is 104 Å². The van der Waals surface area contributed by atoms with Crippen LogP contribution in [0.4, 0.5) is 5.82 Å². The fourth-order valence-corrected chi connectivity index (χ4v) is 3.53. The molecule has 0 saturated heterocycles. The van der Waals surface area contributed by atoms with Gasteiger partial charge in [0.15, 0.2) is 16.7 Å². The summed E-state index contributed by atoms with van der Waals surface area (Å²) < 4.78 is 5.13. The lowest BCUT2D eigenvalue weighted by molar-refractivity contribution is -0.116. The highest BCUT2D eigenvalue weighted by Gasteiger charge is 2.31. The van der Waals surface area contributed by atoms with Crippen LogP contribution in [0, 0.1) is 0 Å². The molecule has 0 aliphatic carbocycles. The summed E-state index contributed by atoms with van der Waals surface area (Å²) >= 11 is 1.44. The molecule has 132 valence electrons. The number of methoxy groups -OCH3 is 1. The summed E-state index contributed by atoms with van der Waals surface area (Å²) in [5, 5.41) is 13.0. The number of ether oxygens (including phenoxy) is 1. The normalized spacial score (nSPS) is 16.2. The van der Waals surface area contributed by atoms with E-state index in [1.807, 2.05) is 6.92 Å². The Bertz CT molecular complexity index is 865. The molecule has 7 nitrogen and oxygen atoms in total. The Hall–Kier alpha value is -2.48. The minimum absolute atomic E-state index is 0.00471. The number of benzene rings is 1. The largest absolute Gasteiger partial charge is 0.504 e. The van der Waals surface area contributed by atoms with Gasteiger partial charge >= 0.3 is 0 Å². The van der Waals surface area contributed by atoms with E-state index >= 15 is 0 Å². The summed E-state index contributed by atoms with van der Waals surface area (Å²) in [6, 6.07) is 4.82. The van der Waals surface area contributed by atoms with E-state index in [0.29, 0.717) is 27.9 Å². The number of thioether (sulfide) groups is 1. The summed E-state index contributed by atoms with van der Waals surface area (Å²) in [7, 11) is 1.45. The van der Waals surface area contributed by atoms with E-state index in [1.165, 1.54) is 24.9 Å². The molecule has 1 atom stereocenters. The van der Waals surface area contributed by atoms with Crippen LogP contribution in [0.25, 0.3) is 0 Å². The summed E-state index contributed by atoms with van der Waals surface area (Å²) in [6.07, 6.45) is 1.08. The van der Waals surface area contributed by atoms with Gasteiger partial charge in [0.05, 0.1) is 12.7 Å². The number of hydrogen-bond donors (Lipinski definition) is 3. The van der Waals surface area contributed by atoms with Gasteiger partial charge in [-0.2, -0.15) is 0 Å². The number of rotatable bonds is 5. The van der Waals surface area contributed by atoms with E-state index in [0.717, 1.165) is 12.2 Å². The first-order valence-electron chi connectivity index (χ1n) is 7.97. The van der Waals surface area contributed by atoms with Gasteiger partial charge in [-0.3, -0.25) is 9.59 Å². The average Bonchev–Trinajstić information content (AvgIpc) is 2.59. The highest BCUT2D eigenvalue weighted by molar-refractivity contribution is 7.99. The van der Waals surface area contributed by atoms with Crippen molar-refractivity contribution < 1.29 is 14.6 Å². The zero-order valence-corrected chi connectivity index (χ0v) is 14.8. The number of anilines is 1. The van der Waals surface area contributed by atoms with E-state index in [4.69, 9.17) is 4.74 Å². The second-order valence-corrected chi connectivity index (χ2v) is 6.80. The first-order chi connectivity index (χ1) is 12.0. The molecule has 0 radical (unpaired) electrons. The van der Waals surface area contributed by atoms with Gasteiger partial charge in [0, 0.05) is 18.1 Å². The standard InChI is InChI=1S/C17H19N3O4S/c1-3-6-25-17-19-15-14(16(23)20-17)10(8-13(22)18-15)9-4-5-11(21)12(7-9)24-2/h4-5,7,10,21H,3,6,8H2,1-2H3,(H2,18,19,20,22,23)/t10-/m1/s1. The molecule has 2 aromatic rings. The molecule has 8 heteroatoms. The number of nitrogens with one attached hydrogen (secondary N) is 2. The number of aromatic nitrogens is 2. The summed E-state index contributed by atoms with van der Waals surface area (Å²) in [5.74, 6) is 0.785. The molecular weight excluding hydrogens is 342 g/mol. The number of nitrogens with zero attached hydrogens (tertiary/aromatic N) is 1. The molecule has 1 aromatic carbocycles. The fourth-order valence-electron chi connectivity index (χ4n) is 2.81. The van der Waals surface area contributed by atoms with Gasteiger partial charge in [-0.05, 0) is 24.1 Å². The molecule has 0 saturated carbocycles. The van der Waals surface area contributed by atoms with Crippen molar-refractivity contribution in [1.82, 2.24) is 9.97 Å². The third-order valence-corrected chi connectivity index (χ3v) is 5.06. The molecule has 1 aromatic heterocycles. The second kappa shape index (κ2) is 7.18. The predicted molar refractivity (Wildman–Crippen MR) is 95.6 cm³/mol. The number of amides is 1. The summed E-state index contributed by atoms with van der Waals surface area (Å²) in [4.78, 5) is 31.9. The SMILES string of the molecule is CCCSc1nc2c(c(=O)[nH]1)[C@@H](c1ccc(O)c(OC)c1)CC(=O)N2. The molecule has 2 heterocycles. The first-order valence-corrected chi connectivity index (χ1v) is 8.95. The minimum atomic E-state index is -0.445. The maximum absolute atomic E-state index is 12.6. The third-order valence-electron chi connectivity index (χ3n) is 3.98. The van der Waals surface area contributed by atoms with Gasteiger partial charge in [0.25, 0.3) is 5.56 Å². The summed E-state index contributed by atoms with van der Waals surface area (Å²) in [5.41, 5.74) is 0.876. The van der Waals surface area contributed by atoms with Gasteiger partial charge in [0.1, 0.15) is 5.82 Å². The second-order valence-electron chi connectivity index (χ2n) is 5.72. The smallest absolute Gasteiger partial charge is 0.257 e. The lowest BCUT2D eigenvalue weighted by Crippen LogP contribution is -2.31. The maximum Gasteiger partial charge on any atom is 0.257 e. The van der Waals surface area contributed by atoms with Crippen LogP contribution in [0.5, 0.6) is 11.5 Å². The highest BCUT2D eigenvalue weighted by Crippen LogP contribution is 2.37. The van der Waals surface area contributed by atoms with Crippen molar-refractivity contribution in [2.45, 2.75) is 30.8 Å². The van der Waals surface area contributed by atoms with E-state index in [-0.39, 0.29) is 23.6 Å². The number of carbonyl (C=O) groups is 1. The molecule has 3 N–H and O–H groups in total. The van der Waals surface area contributed by atoms with Crippen molar-refractivity contribution in [2.24, 2.45) is 0 Å². The molecule has 25 heavy (non-hydrogen) atoms. The van der Waals surface area contributed by atoms with Crippen LogP contribution >= 0.6 is 11.8 Å². The molecule has 1 aliphatic heterocycles. The Labute approximate surface area is 148 Å². The lowest BCUT2D eigenvalue weighted by atomic mass is 9.86. The van der Waals surface area contributed by atoms with Gasteiger partial charge in [-0.1, -0.05) is 24.8 Å². The molecule has 0 bridgehead atoms. The third kappa shape index (κ3) is 3.48. The Kier molecular flexibility index (Phi) is 4.98. The van der Waals surface area contributed by atoms with Crippen molar-refractivity contribution in [2.75, 3.05) is 18.2 Å². The number of fused-ring (bicyclic) bond motifs is 1. The molecule has 0 unspecified atom stereocenters. The van der Waals surface area contributed by atoms with Crippen molar-refractivity contribution >= 4 is 23.5 Å². The zero-order valence-electron chi connectivity index (χ0n) is 14.0. The monoisotopic (exact) mass is 361 g/mol. The molecule has 0 spiro atoms.